The fourth-order valence-corrected chi connectivity index (χ4v) is 6.07. The zero-order valence-electron chi connectivity index (χ0n) is 18.7. The van der Waals surface area contributed by atoms with Crippen LogP contribution in [-0.2, 0) is 34.1 Å². The van der Waals surface area contributed by atoms with Gasteiger partial charge in [-0.1, -0.05) is 49.7 Å². The van der Waals surface area contributed by atoms with Crippen molar-refractivity contribution < 1.29 is 13.2 Å². The fraction of sp³-hybridized carbons (Fsp3) is 0.333. The Morgan fingerprint density at radius 3 is 2.58 bits per heavy atom. The molecule has 4 rings (SSSR count). The van der Waals surface area contributed by atoms with Crippen LogP contribution >= 0.6 is 22.9 Å². The van der Waals surface area contributed by atoms with Crippen molar-refractivity contribution in [2.45, 2.75) is 44.3 Å². The molecule has 9 heteroatoms. The lowest BCUT2D eigenvalue weighted by atomic mass is 10.0. The molecular formula is C24H26ClN3O3S2. The number of anilines is 1. The van der Waals surface area contributed by atoms with E-state index in [-0.39, 0.29) is 23.3 Å². The van der Waals surface area contributed by atoms with E-state index in [9.17, 15) is 13.2 Å². The number of halogens is 1. The van der Waals surface area contributed by atoms with Crippen molar-refractivity contribution >= 4 is 43.8 Å². The molecule has 0 saturated heterocycles. The van der Waals surface area contributed by atoms with E-state index in [1.54, 1.807) is 12.1 Å². The van der Waals surface area contributed by atoms with Crippen LogP contribution in [0, 0.1) is 5.92 Å². The quantitative estimate of drug-likeness (QED) is 0.485. The summed E-state index contributed by atoms with van der Waals surface area (Å²) in [6.45, 7) is 5.94. The standard InChI is InChI=1S/C24H26ClN3O3S2/c1-15(2)23-22-20(14-28(23)13-17-5-4-6-18(25)11-17)32-24(27-22)26-21(29)12-16-7-9-19(10-8-16)33(3,30)31/h4-11,15,23H,12-14H2,1-3H3,(H,26,27,29). The van der Waals surface area contributed by atoms with Gasteiger partial charge in [0.1, 0.15) is 0 Å². The van der Waals surface area contributed by atoms with E-state index in [1.807, 2.05) is 18.2 Å². The summed E-state index contributed by atoms with van der Waals surface area (Å²) in [6.07, 6.45) is 1.32. The van der Waals surface area contributed by atoms with Gasteiger partial charge >= 0.3 is 0 Å². The molecule has 0 bridgehead atoms. The maximum absolute atomic E-state index is 12.6. The number of amides is 1. The SMILES string of the molecule is CC(C)C1c2nc(NC(=O)Cc3ccc(S(C)(=O)=O)cc3)sc2CN1Cc1cccc(Cl)c1. The molecule has 6 nitrogen and oxygen atoms in total. The second-order valence-corrected chi connectivity index (χ2v) is 12.2. The van der Waals surface area contributed by atoms with Crippen LogP contribution in [0.5, 0.6) is 0 Å². The van der Waals surface area contributed by atoms with Crippen molar-refractivity contribution in [2.24, 2.45) is 5.92 Å². The molecule has 1 aliphatic rings. The Labute approximate surface area is 203 Å². The predicted octanol–water partition coefficient (Wildman–Crippen LogP) is 5.09. The number of carbonyl (C=O) groups excluding carboxylic acids is 1. The Balaban J connectivity index is 1.43. The minimum atomic E-state index is -3.25. The molecular weight excluding hydrogens is 478 g/mol. The number of rotatable bonds is 7. The summed E-state index contributed by atoms with van der Waals surface area (Å²) in [4.78, 5) is 21.1. The van der Waals surface area contributed by atoms with Crippen LogP contribution in [0.4, 0.5) is 5.13 Å². The first kappa shape index (κ1) is 23.9. The molecule has 1 atom stereocenters. The number of thiazole rings is 1. The molecule has 0 radical (unpaired) electrons. The summed E-state index contributed by atoms with van der Waals surface area (Å²) >= 11 is 7.67. The Kier molecular flexibility index (Phi) is 6.91. The molecule has 33 heavy (non-hydrogen) atoms. The summed E-state index contributed by atoms with van der Waals surface area (Å²) in [7, 11) is -3.25. The maximum Gasteiger partial charge on any atom is 0.230 e. The molecule has 1 unspecified atom stereocenters. The van der Waals surface area contributed by atoms with Gasteiger partial charge in [-0.25, -0.2) is 13.4 Å². The van der Waals surface area contributed by atoms with E-state index < -0.39 is 9.84 Å². The lowest BCUT2D eigenvalue weighted by molar-refractivity contribution is -0.115. The largest absolute Gasteiger partial charge is 0.302 e. The maximum atomic E-state index is 12.6. The summed E-state index contributed by atoms with van der Waals surface area (Å²) < 4.78 is 23.2. The first-order chi connectivity index (χ1) is 15.6. The highest BCUT2D eigenvalue weighted by Crippen LogP contribution is 2.43. The molecule has 0 fully saturated rings. The fourth-order valence-electron chi connectivity index (χ4n) is 4.18. The predicted molar refractivity (Wildman–Crippen MR) is 132 cm³/mol. The van der Waals surface area contributed by atoms with E-state index in [2.05, 4.69) is 30.1 Å². The lowest BCUT2D eigenvalue weighted by Gasteiger charge is -2.27. The van der Waals surface area contributed by atoms with Crippen LogP contribution in [-0.4, -0.2) is 30.5 Å². The van der Waals surface area contributed by atoms with Crippen molar-refractivity contribution in [1.29, 1.82) is 0 Å². The molecule has 2 heterocycles. The highest BCUT2D eigenvalue weighted by Gasteiger charge is 2.36. The first-order valence-electron chi connectivity index (χ1n) is 10.7. The number of nitrogens with zero attached hydrogens (tertiary/aromatic N) is 2. The minimum absolute atomic E-state index is 0.156. The number of benzene rings is 2. The van der Waals surface area contributed by atoms with Crippen molar-refractivity contribution in [3.8, 4) is 0 Å². The van der Waals surface area contributed by atoms with Crippen LogP contribution in [0.2, 0.25) is 5.02 Å². The highest BCUT2D eigenvalue weighted by atomic mass is 35.5. The summed E-state index contributed by atoms with van der Waals surface area (Å²) in [5.74, 6) is 0.191. The van der Waals surface area contributed by atoms with Crippen molar-refractivity contribution in [3.05, 3.63) is 75.3 Å². The summed E-state index contributed by atoms with van der Waals surface area (Å²) in [6, 6.07) is 14.5. The van der Waals surface area contributed by atoms with Crippen molar-refractivity contribution in [2.75, 3.05) is 11.6 Å². The van der Waals surface area contributed by atoms with Crippen LogP contribution in [0.1, 0.15) is 41.6 Å². The van der Waals surface area contributed by atoms with Gasteiger partial charge in [0, 0.05) is 29.2 Å². The Morgan fingerprint density at radius 2 is 1.94 bits per heavy atom. The Bertz CT molecular complexity index is 1270. The van der Waals surface area contributed by atoms with Gasteiger partial charge < -0.3 is 5.32 Å². The number of fused-ring (bicyclic) bond motifs is 1. The Morgan fingerprint density at radius 1 is 1.21 bits per heavy atom. The number of aromatic nitrogens is 1. The zero-order chi connectivity index (χ0) is 23.8. The van der Waals surface area contributed by atoms with Gasteiger partial charge in [0.05, 0.1) is 23.1 Å². The van der Waals surface area contributed by atoms with E-state index in [0.717, 1.165) is 35.6 Å². The summed E-state index contributed by atoms with van der Waals surface area (Å²) in [5.41, 5.74) is 2.94. The molecule has 0 aliphatic carbocycles. The smallest absolute Gasteiger partial charge is 0.230 e. The third-order valence-corrected chi connectivity index (χ3v) is 7.95. The number of hydrogen-bond acceptors (Lipinski definition) is 6. The molecule has 3 aromatic rings. The number of sulfone groups is 1. The van der Waals surface area contributed by atoms with Crippen molar-refractivity contribution in [3.63, 3.8) is 0 Å². The van der Waals surface area contributed by atoms with Crippen LogP contribution in [0.25, 0.3) is 0 Å². The van der Waals surface area contributed by atoms with Gasteiger partial charge in [-0.05, 0) is 41.3 Å². The lowest BCUT2D eigenvalue weighted by Crippen LogP contribution is -2.26. The molecule has 2 aromatic carbocycles. The van der Waals surface area contributed by atoms with E-state index in [4.69, 9.17) is 16.6 Å². The van der Waals surface area contributed by atoms with Gasteiger partial charge in [-0.3, -0.25) is 9.69 Å². The molecule has 0 saturated carbocycles. The zero-order valence-corrected chi connectivity index (χ0v) is 21.1. The third kappa shape index (κ3) is 5.63. The molecule has 1 amide bonds. The average Bonchev–Trinajstić information content (AvgIpc) is 3.23. The number of hydrogen-bond donors (Lipinski definition) is 1. The number of nitrogens with one attached hydrogen (secondary N) is 1. The molecule has 174 valence electrons. The normalized spacial score (nSPS) is 16.2. The topological polar surface area (TPSA) is 79.4 Å². The Hall–Kier alpha value is -2.26. The van der Waals surface area contributed by atoms with Crippen molar-refractivity contribution in [1.82, 2.24) is 9.88 Å². The molecule has 1 aromatic heterocycles. The third-order valence-electron chi connectivity index (χ3n) is 5.62. The second kappa shape index (κ2) is 9.54. The van der Waals surface area contributed by atoms with Gasteiger partial charge in [0.15, 0.2) is 15.0 Å². The van der Waals surface area contributed by atoms with Crippen LogP contribution in [0.3, 0.4) is 0 Å². The van der Waals surface area contributed by atoms with E-state index in [1.165, 1.54) is 33.9 Å². The second-order valence-electron chi connectivity index (χ2n) is 8.69. The highest BCUT2D eigenvalue weighted by molar-refractivity contribution is 7.90. The molecule has 1 N–H and O–H groups in total. The van der Waals surface area contributed by atoms with Gasteiger partial charge in [-0.15, -0.1) is 11.3 Å². The minimum Gasteiger partial charge on any atom is -0.302 e. The van der Waals surface area contributed by atoms with Gasteiger partial charge in [0.25, 0.3) is 0 Å². The van der Waals surface area contributed by atoms with Gasteiger partial charge in [0.2, 0.25) is 5.91 Å². The van der Waals surface area contributed by atoms with Gasteiger partial charge in [-0.2, -0.15) is 0 Å². The van der Waals surface area contributed by atoms with Crippen LogP contribution < -0.4 is 5.32 Å². The number of carbonyl (C=O) groups is 1. The molecule has 1 aliphatic heterocycles. The molecule has 0 spiro atoms. The summed E-state index contributed by atoms with van der Waals surface area (Å²) in [5, 5.41) is 4.25. The van der Waals surface area contributed by atoms with Crippen LogP contribution in [0.15, 0.2) is 53.4 Å². The first-order valence-corrected chi connectivity index (χ1v) is 13.8. The van der Waals surface area contributed by atoms with E-state index >= 15 is 0 Å². The average molecular weight is 504 g/mol. The monoisotopic (exact) mass is 503 g/mol. The van der Waals surface area contributed by atoms with E-state index in [0.29, 0.717) is 11.0 Å².